The van der Waals surface area contributed by atoms with Crippen molar-refractivity contribution in [1.29, 1.82) is 0 Å². The molecule has 3 heteroatoms. The molecule has 1 aromatic carbocycles. The van der Waals surface area contributed by atoms with E-state index in [0.29, 0.717) is 0 Å². The molecule has 0 radical (unpaired) electrons. The molecule has 0 aliphatic heterocycles. The quantitative estimate of drug-likeness (QED) is 0.906. The van der Waals surface area contributed by atoms with E-state index in [1.54, 1.807) is 0 Å². The predicted molar refractivity (Wildman–Crippen MR) is 66.9 cm³/mol. The average molecular weight is 270 g/mol. The standard InChI is InChI=1S/C11H12BrNS/c12-9-4-3-8-6-10(2-1-5-13)14-11(8)7-9/h3-4,6-7H,1-2,5,13H2. The van der Waals surface area contributed by atoms with Crippen LogP contribution < -0.4 is 5.73 Å². The number of hydrogen-bond donors (Lipinski definition) is 1. The fourth-order valence-electron chi connectivity index (χ4n) is 1.46. The smallest absolute Gasteiger partial charge is 0.0356 e. The second-order valence-electron chi connectivity index (χ2n) is 3.29. The van der Waals surface area contributed by atoms with Gasteiger partial charge in [0.2, 0.25) is 0 Å². The highest BCUT2D eigenvalue weighted by atomic mass is 79.9. The van der Waals surface area contributed by atoms with E-state index in [0.717, 1.165) is 23.9 Å². The molecule has 0 aliphatic carbocycles. The minimum atomic E-state index is 0.776. The van der Waals surface area contributed by atoms with Crippen molar-refractivity contribution >= 4 is 37.4 Å². The van der Waals surface area contributed by atoms with Gasteiger partial charge in [0.15, 0.2) is 0 Å². The first kappa shape index (κ1) is 10.1. The minimum absolute atomic E-state index is 0.776. The second-order valence-corrected chi connectivity index (χ2v) is 5.37. The third-order valence-electron chi connectivity index (χ3n) is 2.16. The molecule has 0 atom stereocenters. The van der Waals surface area contributed by atoms with Crippen molar-refractivity contribution in [3.63, 3.8) is 0 Å². The molecule has 14 heavy (non-hydrogen) atoms. The maximum absolute atomic E-state index is 5.49. The van der Waals surface area contributed by atoms with Crippen molar-refractivity contribution in [3.8, 4) is 0 Å². The molecule has 74 valence electrons. The molecule has 2 aromatic rings. The zero-order chi connectivity index (χ0) is 9.97. The van der Waals surface area contributed by atoms with Crippen molar-refractivity contribution in [2.24, 2.45) is 5.73 Å². The number of thiophene rings is 1. The van der Waals surface area contributed by atoms with Crippen molar-refractivity contribution < 1.29 is 0 Å². The van der Waals surface area contributed by atoms with Gasteiger partial charge in [0.1, 0.15) is 0 Å². The van der Waals surface area contributed by atoms with Gasteiger partial charge in [-0.1, -0.05) is 22.0 Å². The maximum Gasteiger partial charge on any atom is 0.0356 e. The number of rotatable bonds is 3. The maximum atomic E-state index is 5.49. The number of fused-ring (bicyclic) bond motifs is 1. The van der Waals surface area contributed by atoms with Crippen LogP contribution in [0.5, 0.6) is 0 Å². The van der Waals surface area contributed by atoms with Gasteiger partial charge in [0.05, 0.1) is 0 Å². The molecule has 2 rings (SSSR count). The third kappa shape index (κ3) is 2.16. The Labute approximate surface area is 96.1 Å². The lowest BCUT2D eigenvalue weighted by atomic mass is 10.2. The lowest BCUT2D eigenvalue weighted by molar-refractivity contribution is 0.843. The molecular formula is C11H12BrNS. The van der Waals surface area contributed by atoms with E-state index in [1.165, 1.54) is 15.0 Å². The van der Waals surface area contributed by atoms with Gasteiger partial charge in [0, 0.05) is 14.0 Å². The summed E-state index contributed by atoms with van der Waals surface area (Å²) in [5.74, 6) is 0. The van der Waals surface area contributed by atoms with Crippen LogP contribution in [0.3, 0.4) is 0 Å². The monoisotopic (exact) mass is 269 g/mol. The van der Waals surface area contributed by atoms with Crippen LogP contribution in [0, 0.1) is 0 Å². The SMILES string of the molecule is NCCCc1cc2ccc(Br)cc2s1. The molecule has 0 amide bonds. The van der Waals surface area contributed by atoms with Gasteiger partial charge < -0.3 is 5.73 Å². The highest BCUT2D eigenvalue weighted by Crippen LogP contribution is 2.28. The van der Waals surface area contributed by atoms with E-state index >= 15 is 0 Å². The Kier molecular flexibility index (Phi) is 3.21. The van der Waals surface area contributed by atoms with Crippen molar-refractivity contribution in [3.05, 3.63) is 33.6 Å². The zero-order valence-electron chi connectivity index (χ0n) is 7.79. The second kappa shape index (κ2) is 4.43. The van der Waals surface area contributed by atoms with Crippen LogP contribution >= 0.6 is 27.3 Å². The molecule has 0 aliphatic rings. The van der Waals surface area contributed by atoms with Gasteiger partial charge in [-0.3, -0.25) is 0 Å². The van der Waals surface area contributed by atoms with Gasteiger partial charge in [-0.05, 0) is 43.0 Å². The number of hydrogen-bond acceptors (Lipinski definition) is 2. The molecule has 0 saturated carbocycles. The molecule has 0 unspecified atom stereocenters. The van der Waals surface area contributed by atoms with Crippen LogP contribution in [0.25, 0.3) is 10.1 Å². The molecule has 0 saturated heterocycles. The van der Waals surface area contributed by atoms with Crippen molar-refractivity contribution in [2.75, 3.05) is 6.54 Å². The normalized spacial score (nSPS) is 11.0. The molecule has 1 heterocycles. The van der Waals surface area contributed by atoms with Gasteiger partial charge in [-0.2, -0.15) is 0 Å². The van der Waals surface area contributed by atoms with Crippen LogP contribution in [0.2, 0.25) is 0 Å². The number of halogens is 1. The Balaban J connectivity index is 2.32. The van der Waals surface area contributed by atoms with E-state index in [4.69, 9.17) is 5.73 Å². The highest BCUT2D eigenvalue weighted by molar-refractivity contribution is 9.10. The summed E-state index contributed by atoms with van der Waals surface area (Å²) in [4.78, 5) is 1.43. The Morgan fingerprint density at radius 1 is 1.29 bits per heavy atom. The van der Waals surface area contributed by atoms with E-state index < -0.39 is 0 Å². The Morgan fingerprint density at radius 2 is 2.14 bits per heavy atom. The summed E-state index contributed by atoms with van der Waals surface area (Å²) in [6.07, 6.45) is 2.18. The van der Waals surface area contributed by atoms with Crippen LogP contribution in [0.4, 0.5) is 0 Å². The van der Waals surface area contributed by atoms with E-state index in [-0.39, 0.29) is 0 Å². The van der Waals surface area contributed by atoms with E-state index in [2.05, 4.69) is 40.2 Å². The summed E-state index contributed by atoms with van der Waals surface area (Å²) >= 11 is 5.35. The van der Waals surface area contributed by atoms with Gasteiger partial charge in [-0.15, -0.1) is 11.3 Å². The summed E-state index contributed by atoms with van der Waals surface area (Å²) in [5.41, 5.74) is 5.49. The predicted octanol–water partition coefficient (Wildman–Crippen LogP) is 3.56. The summed E-state index contributed by atoms with van der Waals surface area (Å²) < 4.78 is 2.50. The fourth-order valence-corrected chi connectivity index (χ4v) is 3.12. The number of aryl methyl sites for hydroxylation is 1. The van der Waals surface area contributed by atoms with Crippen LogP contribution in [-0.4, -0.2) is 6.54 Å². The molecular weight excluding hydrogens is 258 g/mol. The summed E-state index contributed by atoms with van der Waals surface area (Å²) in [7, 11) is 0. The first-order valence-corrected chi connectivity index (χ1v) is 6.28. The van der Waals surface area contributed by atoms with Gasteiger partial charge >= 0.3 is 0 Å². The Morgan fingerprint density at radius 3 is 2.93 bits per heavy atom. The lowest BCUT2D eigenvalue weighted by Gasteiger charge is -1.91. The zero-order valence-corrected chi connectivity index (χ0v) is 10.2. The first-order valence-electron chi connectivity index (χ1n) is 4.67. The summed E-state index contributed by atoms with van der Waals surface area (Å²) in [6, 6.07) is 8.68. The van der Waals surface area contributed by atoms with E-state index in [1.807, 2.05) is 11.3 Å². The minimum Gasteiger partial charge on any atom is -0.330 e. The fraction of sp³-hybridized carbons (Fsp3) is 0.273. The molecule has 1 nitrogen and oxygen atoms in total. The first-order chi connectivity index (χ1) is 6.79. The Hall–Kier alpha value is -0.380. The molecule has 0 bridgehead atoms. The largest absolute Gasteiger partial charge is 0.330 e. The number of benzene rings is 1. The van der Waals surface area contributed by atoms with Crippen LogP contribution in [0.15, 0.2) is 28.7 Å². The topological polar surface area (TPSA) is 26.0 Å². The molecule has 0 fully saturated rings. The third-order valence-corrected chi connectivity index (χ3v) is 3.81. The van der Waals surface area contributed by atoms with Crippen molar-refractivity contribution in [1.82, 2.24) is 0 Å². The van der Waals surface area contributed by atoms with Crippen molar-refractivity contribution in [2.45, 2.75) is 12.8 Å². The van der Waals surface area contributed by atoms with Crippen LogP contribution in [0.1, 0.15) is 11.3 Å². The van der Waals surface area contributed by atoms with Gasteiger partial charge in [-0.25, -0.2) is 0 Å². The Bertz CT molecular complexity index is 436. The molecule has 0 spiro atoms. The van der Waals surface area contributed by atoms with Crippen LogP contribution in [-0.2, 0) is 6.42 Å². The lowest BCUT2D eigenvalue weighted by Crippen LogP contribution is -1.99. The van der Waals surface area contributed by atoms with Gasteiger partial charge in [0.25, 0.3) is 0 Å². The highest BCUT2D eigenvalue weighted by Gasteiger charge is 2.01. The number of nitrogens with two attached hydrogens (primary N) is 1. The molecule has 2 N–H and O–H groups in total. The average Bonchev–Trinajstić information content (AvgIpc) is 2.56. The summed E-state index contributed by atoms with van der Waals surface area (Å²) in [5, 5.41) is 1.34. The molecule has 1 aromatic heterocycles. The summed E-state index contributed by atoms with van der Waals surface area (Å²) in [6.45, 7) is 0.776. The van der Waals surface area contributed by atoms with E-state index in [9.17, 15) is 0 Å².